The third-order valence-corrected chi connectivity index (χ3v) is 27.7. The molecule has 6 aromatic heterocycles. The standard InChI is InChI=1S/C36H57N11O3.C34H53N11O3.C30H52N10O2/c37-32(35(49)50)15-14-30(48)11-6-21-46-23-16-28(17-24-46)41-34-31-12-4-5-13-33(31)42-36(43-34)40-25-29-26-47(45-44-29)22-8-19-38-18-7-20-39-27-9-2-1-3-10-27;1-43(27-15-21-44(22-16-27)31(46)14-13-29(35)33(47)48)32-28-11-5-6-12-30(28)39-34(40-32)38-23-26-24-45(42-41-26)20-8-18-36-17-7-19-37-25-9-3-2-4-10-25;1-24-21-28(35-26-12-19-39(20-13-26)17-6-5-11-29(41)42)36-30(34-24)33-22-27-23-40(38-37-27)18-8-15-31-14-7-16-32-25-9-3-2-4-10-25/h4-5,12-13,26-28,32,38-39H,1-3,6-11,14-25,37H2,(H,49,50)(H2,40,41,42,43);5-6,11-12,24-25,27,29,36-37H,2-4,7-10,13-23,35H2,1H3,(H,47,48)(H,38,39,40);21,23,25-26,31-32H,2-20,22H2,1H3,(H,41,42)(H2,33,34,35,36)/t32-;29-;/m00./s1. The van der Waals surface area contributed by atoms with E-state index >= 15 is 0 Å². The molecular formula is C100H162N32O8. The molecule has 1 amide bonds. The van der Waals surface area contributed by atoms with Gasteiger partial charge in [-0.1, -0.05) is 97.7 Å². The highest BCUT2D eigenvalue weighted by atomic mass is 16.4. The molecule has 0 spiro atoms. The number of carboxylic acids is 3. The molecule has 3 saturated heterocycles. The number of benzene rings is 2. The number of fused-ring (bicyclic) bond motifs is 2. The number of anilines is 6. The number of hydrogen-bond donors (Lipinski definition) is 16. The first kappa shape index (κ1) is 108. The number of rotatable bonds is 59. The minimum Gasteiger partial charge on any atom is -0.481 e. The van der Waals surface area contributed by atoms with Crippen molar-refractivity contribution < 1.29 is 39.3 Å². The highest BCUT2D eigenvalue weighted by molar-refractivity contribution is 5.91. The van der Waals surface area contributed by atoms with E-state index in [2.05, 4.69) is 109 Å². The van der Waals surface area contributed by atoms with Gasteiger partial charge in [0, 0.05) is 150 Å². The first-order chi connectivity index (χ1) is 68.3. The predicted molar refractivity (Wildman–Crippen MR) is 548 cm³/mol. The van der Waals surface area contributed by atoms with Crippen LogP contribution in [0.3, 0.4) is 0 Å². The zero-order chi connectivity index (χ0) is 98.1. The number of carbonyl (C=O) groups excluding carboxylic acids is 2. The van der Waals surface area contributed by atoms with Crippen LogP contribution in [-0.2, 0) is 63.2 Å². The number of likely N-dealkylation sites (tertiary alicyclic amines) is 3. The molecule has 2 atom stereocenters. The summed E-state index contributed by atoms with van der Waals surface area (Å²) in [6.07, 6.45) is 42.4. The van der Waals surface area contributed by atoms with Gasteiger partial charge < -0.3 is 105 Å². The molecule has 9 heterocycles. The number of Topliss-reactive ketones (excluding diaryl/α,β-unsaturated/α-hetero) is 1. The third kappa shape index (κ3) is 39.5. The van der Waals surface area contributed by atoms with Crippen molar-refractivity contribution in [1.29, 1.82) is 0 Å². The van der Waals surface area contributed by atoms with Gasteiger partial charge in [-0.05, 0) is 251 Å². The number of nitrogens with one attached hydrogen (secondary N) is 11. The average molecular weight is 1940 g/mol. The van der Waals surface area contributed by atoms with E-state index in [1.54, 1.807) is 0 Å². The van der Waals surface area contributed by atoms with Crippen LogP contribution in [0.5, 0.6) is 0 Å². The lowest BCUT2D eigenvalue weighted by Crippen LogP contribution is -2.46. The summed E-state index contributed by atoms with van der Waals surface area (Å²) >= 11 is 0. The van der Waals surface area contributed by atoms with Gasteiger partial charge in [-0.15, -0.1) is 15.3 Å². The van der Waals surface area contributed by atoms with Crippen molar-refractivity contribution in [2.45, 2.75) is 326 Å². The van der Waals surface area contributed by atoms with E-state index in [-0.39, 0.29) is 55.9 Å². The number of amides is 1. The van der Waals surface area contributed by atoms with E-state index in [0.717, 1.165) is 288 Å². The maximum absolute atomic E-state index is 12.7. The van der Waals surface area contributed by atoms with Crippen molar-refractivity contribution in [3.05, 3.63) is 96.0 Å². The second kappa shape index (κ2) is 60.8. The van der Waals surface area contributed by atoms with Crippen LogP contribution in [0.25, 0.3) is 21.8 Å². The van der Waals surface area contributed by atoms with Crippen molar-refractivity contribution in [2.75, 3.05) is 150 Å². The molecule has 3 aliphatic heterocycles. The number of aromatic nitrogens is 15. The maximum Gasteiger partial charge on any atom is 0.320 e. The molecule has 0 unspecified atom stereocenters. The number of nitrogens with two attached hydrogens (primary N) is 2. The molecule has 6 aliphatic rings. The van der Waals surface area contributed by atoms with E-state index in [0.29, 0.717) is 63.0 Å². The topological polar surface area (TPSA) is 513 Å². The summed E-state index contributed by atoms with van der Waals surface area (Å²) in [5.74, 6) is 1.34. The highest BCUT2D eigenvalue weighted by Crippen LogP contribution is 2.32. The molecule has 40 heteroatoms. The Morgan fingerprint density at radius 2 is 0.850 bits per heavy atom. The van der Waals surface area contributed by atoms with Crippen molar-refractivity contribution in [3.8, 4) is 0 Å². The van der Waals surface area contributed by atoms with Gasteiger partial charge in [-0.25, -0.2) is 15.0 Å². The molecule has 18 N–H and O–H groups in total. The number of ketones is 1. The Morgan fingerprint density at radius 1 is 0.421 bits per heavy atom. The van der Waals surface area contributed by atoms with Crippen molar-refractivity contribution in [3.63, 3.8) is 0 Å². The highest BCUT2D eigenvalue weighted by Gasteiger charge is 2.30. The predicted octanol–water partition coefficient (Wildman–Crippen LogP) is 9.70. The molecule has 140 heavy (non-hydrogen) atoms. The number of para-hydroxylation sites is 2. The van der Waals surface area contributed by atoms with Gasteiger partial charge in [0.2, 0.25) is 23.8 Å². The Morgan fingerprint density at radius 3 is 1.33 bits per heavy atom. The summed E-state index contributed by atoms with van der Waals surface area (Å²) in [4.78, 5) is 94.7. The summed E-state index contributed by atoms with van der Waals surface area (Å²) in [6.45, 7) is 22.2. The molecule has 770 valence electrons. The smallest absolute Gasteiger partial charge is 0.320 e. The molecule has 14 rings (SSSR count). The normalized spacial score (nSPS) is 16.8. The minimum absolute atomic E-state index is 0.0478. The Kier molecular flexibility index (Phi) is 47.0. The fourth-order valence-electron chi connectivity index (χ4n) is 19.4. The van der Waals surface area contributed by atoms with E-state index in [1.165, 1.54) is 103 Å². The number of unbranched alkanes of at least 4 members (excludes halogenated alkanes) is 1. The second-order valence-electron chi connectivity index (χ2n) is 38.9. The van der Waals surface area contributed by atoms with Crippen LogP contribution in [0, 0.1) is 6.92 Å². The summed E-state index contributed by atoms with van der Waals surface area (Å²) in [7, 11) is 2.04. The van der Waals surface area contributed by atoms with Crippen LogP contribution in [0.2, 0.25) is 0 Å². The van der Waals surface area contributed by atoms with Gasteiger partial charge >= 0.3 is 17.9 Å². The van der Waals surface area contributed by atoms with Gasteiger partial charge in [0.15, 0.2) is 0 Å². The number of nitrogens with zero attached hydrogens (tertiary/aromatic N) is 19. The van der Waals surface area contributed by atoms with Gasteiger partial charge in [-0.2, -0.15) is 15.0 Å². The molecule has 0 radical (unpaired) electrons. The van der Waals surface area contributed by atoms with E-state index in [4.69, 9.17) is 51.7 Å². The summed E-state index contributed by atoms with van der Waals surface area (Å²) in [5, 5.41) is 93.6. The quantitative estimate of drug-likeness (QED) is 0.0158. The van der Waals surface area contributed by atoms with E-state index in [9.17, 15) is 24.0 Å². The zero-order valence-electron chi connectivity index (χ0n) is 83.3. The summed E-state index contributed by atoms with van der Waals surface area (Å²) in [6, 6.07) is 19.1. The summed E-state index contributed by atoms with van der Waals surface area (Å²) in [5.41, 5.74) is 16.3. The molecule has 3 aliphatic carbocycles. The number of carbonyl (C=O) groups is 5. The fraction of sp³-hybridized carbons (Fsp3) is 0.690. The van der Waals surface area contributed by atoms with Gasteiger partial charge in [0.1, 0.15) is 52.4 Å². The van der Waals surface area contributed by atoms with Crippen LogP contribution >= 0.6 is 0 Å². The monoisotopic (exact) mass is 1940 g/mol. The average Bonchev–Trinajstić information content (AvgIpc) is 0.907. The minimum atomic E-state index is -1.08. The lowest BCUT2D eigenvalue weighted by atomic mass is 9.95. The lowest BCUT2D eigenvalue weighted by Gasteiger charge is -2.37. The van der Waals surface area contributed by atoms with Gasteiger partial charge in [-0.3, -0.25) is 38.0 Å². The van der Waals surface area contributed by atoms with Crippen LogP contribution in [0.4, 0.5) is 35.3 Å². The number of carboxylic acid groups (broad SMARTS) is 3. The van der Waals surface area contributed by atoms with Crippen molar-refractivity contribution in [2.24, 2.45) is 11.5 Å². The lowest BCUT2D eigenvalue weighted by molar-refractivity contribution is -0.140. The molecule has 8 aromatic rings. The fourth-order valence-corrected chi connectivity index (χ4v) is 19.4. The molecule has 40 nitrogen and oxygen atoms in total. The number of hydrogen-bond acceptors (Lipinski definition) is 33. The van der Waals surface area contributed by atoms with E-state index in [1.807, 2.05) is 106 Å². The Balaban J connectivity index is 0.000000189. The van der Waals surface area contributed by atoms with Crippen molar-refractivity contribution >= 4 is 86.7 Å². The molecule has 2 aromatic carbocycles. The van der Waals surface area contributed by atoms with Gasteiger partial charge in [0.05, 0.1) is 49.3 Å². The first-order valence-electron chi connectivity index (χ1n) is 52.6. The molecular weight excluding hydrogens is 1780 g/mol. The number of aryl methyl sites for hydroxylation is 4. The maximum atomic E-state index is 12.7. The molecule has 3 saturated carbocycles. The Hall–Kier alpha value is -10.4. The molecule has 6 fully saturated rings. The second-order valence-corrected chi connectivity index (χ2v) is 38.9. The first-order valence-corrected chi connectivity index (χ1v) is 52.6. The molecule has 0 bridgehead atoms. The van der Waals surface area contributed by atoms with E-state index < -0.39 is 30.0 Å². The van der Waals surface area contributed by atoms with Crippen LogP contribution < -0.4 is 74.9 Å². The zero-order valence-corrected chi connectivity index (χ0v) is 83.3. The van der Waals surface area contributed by atoms with Crippen LogP contribution in [0.1, 0.15) is 254 Å². The van der Waals surface area contributed by atoms with Crippen LogP contribution in [-0.4, -0.2) is 301 Å². The van der Waals surface area contributed by atoms with Crippen LogP contribution in [0.15, 0.2) is 73.2 Å². The Bertz CT molecular complexity index is 4920. The summed E-state index contributed by atoms with van der Waals surface area (Å²) < 4.78 is 5.70. The number of piperidine rings is 3. The third-order valence-electron chi connectivity index (χ3n) is 27.7. The SMILES string of the molecule is CN(c1nc(NCc2cn(CCCNCCCNC3CCCCC3)nn2)nc2ccccc12)C1CCN(C(=O)CC[C@H](N)C(=O)O)CC1.Cc1cc(NC2CCN(CCCCC(=O)O)CC2)nc(NCc2cn(CCCNCCCNC3CCCCC3)nn2)n1.N[C@@H](CCC(=O)CCCN1CCC(Nc2nc(NCc3cn(CCCNCCCNC4CCCCC4)nn3)nc3ccccc23)CC1)C(=O)O. The number of aliphatic carboxylic acids is 3. The van der Waals surface area contributed by atoms with Gasteiger partial charge in [0.25, 0.3) is 0 Å². The largest absolute Gasteiger partial charge is 0.481 e. The van der Waals surface area contributed by atoms with Crippen molar-refractivity contribution in [1.82, 2.24) is 121 Å². The Labute approximate surface area is 826 Å².